The molecule has 0 aromatic carbocycles. The fourth-order valence-electron chi connectivity index (χ4n) is 2.81. The van der Waals surface area contributed by atoms with Crippen LogP contribution >= 0.6 is 0 Å². The van der Waals surface area contributed by atoms with E-state index in [-0.39, 0.29) is 12.5 Å². The van der Waals surface area contributed by atoms with Crippen molar-refractivity contribution in [3.63, 3.8) is 0 Å². The maximum Gasteiger partial charge on any atom is 0.322 e. The predicted octanol–water partition coefficient (Wildman–Crippen LogP) is 0.139. The normalized spacial score (nSPS) is 30.2. The number of carbonyl (C=O) groups is 1. The summed E-state index contributed by atoms with van der Waals surface area (Å²) in [6, 6.07) is -0.943. The van der Waals surface area contributed by atoms with Crippen LogP contribution < -0.4 is 0 Å². The Labute approximate surface area is 119 Å². The van der Waals surface area contributed by atoms with Gasteiger partial charge in [0.2, 0.25) is 0 Å². The lowest BCUT2D eigenvalue weighted by Gasteiger charge is -2.39. The number of carboxylic acid groups (broad SMARTS) is 1. The summed E-state index contributed by atoms with van der Waals surface area (Å²) in [7, 11) is -3.71. The summed E-state index contributed by atoms with van der Waals surface area (Å²) in [6.45, 7) is 3.61. The van der Waals surface area contributed by atoms with E-state index in [4.69, 9.17) is 4.74 Å². The molecule has 2 unspecified atom stereocenters. The van der Waals surface area contributed by atoms with E-state index >= 15 is 0 Å². The van der Waals surface area contributed by atoms with E-state index in [9.17, 15) is 18.3 Å². The van der Waals surface area contributed by atoms with Gasteiger partial charge in [0.15, 0.2) is 0 Å². The SMILES string of the molecule is CCC1CCN(S(=O)(=O)N2CCOCC2)C(C(=O)O)C1. The first-order valence-corrected chi connectivity index (χ1v) is 8.44. The third kappa shape index (κ3) is 3.13. The highest BCUT2D eigenvalue weighted by atomic mass is 32.2. The Kier molecular flexibility index (Phi) is 5.00. The second-order valence-electron chi connectivity index (χ2n) is 5.28. The number of aliphatic carboxylic acids is 1. The van der Waals surface area contributed by atoms with Gasteiger partial charge in [0.1, 0.15) is 6.04 Å². The van der Waals surface area contributed by atoms with Crippen molar-refractivity contribution in [3.05, 3.63) is 0 Å². The number of piperidine rings is 1. The van der Waals surface area contributed by atoms with Crippen molar-refractivity contribution in [2.45, 2.75) is 32.2 Å². The molecule has 0 amide bonds. The number of rotatable bonds is 4. The van der Waals surface area contributed by atoms with Gasteiger partial charge in [-0.3, -0.25) is 4.79 Å². The number of nitrogens with zero attached hydrogens (tertiary/aromatic N) is 2. The van der Waals surface area contributed by atoms with Crippen LogP contribution in [0.3, 0.4) is 0 Å². The molecule has 0 spiro atoms. The molecule has 2 saturated heterocycles. The summed E-state index contributed by atoms with van der Waals surface area (Å²) >= 11 is 0. The van der Waals surface area contributed by atoms with Crippen LogP contribution in [-0.2, 0) is 19.7 Å². The maximum absolute atomic E-state index is 12.6. The monoisotopic (exact) mass is 306 g/mol. The van der Waals surface area contributed by atoms with E-state index in [1.807, 2.05) is 6.92 Å². The molecule has 1 N–H and O–H groups in total. The highest BCUT2D eigenvalue weighted by Gasteiger charge is 2.42. The molecule has 116 valence electrons. The Morgan fingerprint density at radius 1 is 1.30 bits per heavy atom. The summed E-state index contributed by atoms with van der Waals surface area (Å²) in [6.07, 6.45) is 2.01. The number of morpholine rings is 1. The van der Waals surface area contributed by atoms with Crippen LogP contribution in [0.4, 0.5) is 0 Å². The van der Waals surface area contributed by atoms with Gasteiger partial charge in [-0.1, -0.05) is 13.3 Å². The molecule has 0 radical (unpaired) electrons. The smallest absolute Gasteiger partial charge is 0.322 e. The summed E-state index contributed by atoms with van der Waals surface area (Å²) in [5, 5.41) is 9.33. The molecule has 2 rings (SSSR count). The summed E-state index contributed by atoms with van der Waals surface area (Å²) in [5.74, 6) is -0.771. The van der Waals surface area contributed by atoms with Crippen molar-refractivity contribution < 1.29 is 23.1 Å². The molecule has 0 saturated carbocycles. The maximum atomic E-state index is 12.6. The van der Waals surface area contributed by atoms with Gasteiger partial charge in [0.05, 0.1) is 13.2 Å². The van der Waals surface area contributed by atoms with Gasteiger partial charge in [-0.25, -0.2) is 0 Å². The number of hydrogen-bond donors (Lipinski definition) is 1. The lowest BCUT2D eigenvalue weighted by Crippen LogP contribution is -2.56. The lowest BCUT2D eigenvalue weighted by atomic mass is 9.90. The van der Waals surface area contributed by atoms with Crippen LogP contribution in [0, 0.1) is 5.92 Å². The van der Waals surface area contributed by atoms with Gasteiger partial charge < -0.3 is 9.84 Å². The lowest BCUT2D eigenvalue weighted by molar-refractivity contribution is -0.143. The molecule has 20 heavy (non-hydrogen) atoms. The summed E-state index contributed by atoms with van der Waals surface area (Å²) < 4.78 is 32.8. The highest BCUT2D eigenvalue weighted by Crippen LogP contribution is 2.29. The Morgan fingerprint density at radius 2 is 1.95 bits per heavy atom. The first-order valence-electron chi connectivity index (χ1n) is 7.04. The molecule has 2 heterocycles. The molecule has 0 bridgehead atoms. The molecule has 8 heteroatoms. The van der Waals surface area contributed by atoms with E-state index in [0.29, 0.717) is 32.7 Å². The first-order chi connectivity index (χ1) is 9.46. The highest BCUT2D eigenvalue weighted by molar-refractivity contribution is 7.86. The Balaban J connectivity index is 2.17. The molecular weight excluding hydrogens is 284 g/mol. The number of ether oxygens (including phenoxy) is 1. The van der Waals surface area contributed by atoms with Crippen LogP contribution in [0.15, 0.2) is 0 Å². The minimum Gasteiger partial charge on any atom is -0.480 e. The number of carboxylic acids is 1. The second kappa shape index (κ2) is 6.38. The van der Waals surface area contributed by atoms with Crippen LogP contribution in [0.2, 0.25) is 0 Å². The molecule has 2 aliphatic rings. The molecule has 0 aliphatic carbocycles. The second-order valence-corrected chi connectivity index (χ2v) is 7.16. The quantitative estimate of drug-likeness (QED) is 0.798. The van der Waals surface area contributed by atoms with E-state index < -0.39 is 22.2 Å². The van der Waals surface area contributed by atoms with Crippen LogP contribution in [0.5, 0.6) is 0 Å². The molecular formula is C12H22N2O5S. The fourth-order valence-corrected chi connectivity index (χ4v) is 4.55. The van der Waals surface area contributed by atoms with Gasteiger partial charge in [0.25, 0.3) is 10.2 Å². The van der Waals surface area contributed by atoms with Gasteiger partial charge in [-0.05, 0) is 18.8 Å². The summed E-state index contributed by atoms with van der Waals surface area (Å²) in [4.78, 5) is 11.4. The van der Waals surface area contributed by atoms with Crippen molar-refractivity contribution >= 4 is 16.2 Å². The van der Waals surface area contributed by atoms with Crippen molar-refractivity contribution in [2.75, 3.05) is 32.8 Å². The zero-order valence-electron chi connectivity index (χ0n) is 11.7. The van der Waals surface area contributed by atoms with Crippen molar-refractivity contribution in [1.29, 1.82) is 0 Å². The minimum atomic E-state index is -3.71. The number of hydrogen-bond acceptors (Lipinski definition) is 4. The zero-order chi connectivity index (χ0) is 14.8. The van der Waals surface area contributed by atoms with Crippen molar-refractivity contribution in [2.24, 2.45) is 5.92 Å². The fraction of sp³-hybridized carbons (Fsp3) is 0.917. The van der Waals surface area contributed by atoms with Crippen LogP contribution in [-0.4, -0.2) is 67.0 Å². The van der Waals surface area contributed by atoms with Gasteiger partial charge in [0, 0.05) is 19.6 Å². The predicted molar refractivity (Wildman–Crippen MR) is 72.5 cm³/mol. The average molecular weight is 306 g/mol. The standard InChI is InChI=1S/C12H22N2O5S/c1-2-10-3-4-14(11(9-10)12(15)16)20(17,18)13-5-7-19-8-6-13/h10-11H,2-9H2,1H3,(H,15,16). The molecule has 2 atom stereocenters. The topological polar surface area (TPSA) is 87.2 Å². The first kappa shape index (κ1) is 15.7. The Bertz CT molecular complexity index is 447. The Morgan fingerprint density at radius 3 is 2.50 bits per heavy atom. The molecule has 7 nitrogen and oxygen atoms in total. The van der Waals surface area contributed by atoms with Crippen molar-refractivity contribution in [1.82, 2.24) is 8.61 Å². The molecule has 0 aromatic rings. The third-order valence-electron chi connectivity index (χ3n) is 4.12. The zero-order valence-corrected chi connectivity index (χ0v) is 12.5. The molecule has 2 fully saturated rings. The average Bonchev–Trinajstić information content (AvgIpc) is 2.47. The van der Waals surface area contributed by atoms with Gasteiger partial charge in [-0.2, -0.15) is 17.0 Å². The van der Waals surface area contributed by atoms with Gasteiger partial charge in [-0.15, -0.1) is 0 Å². The third-order valence-corrected chi connectivity index (χ3v) is 6.16. The minimum absolute atomic E-state index is 0.284. The van der Waals surface area contributed by atoms with E-state index in [1.165, 1.54) is 4.31 Å². The summed E-state index contributed by atoms with van der Waals surface area (Å²) in [5.41, 5.74) is 0. The van der Waals surface area contributed by atoms with E-state index in [0.717, 1.165) is 17.1 Å². The van der Waals surface area contributed by atoms with Crippen LogP contribution in [0.1, 0.15) is 26.2 Å². The van der Waals surface area contributed by atoms with Crippen LogP contribution in [0.25, 0.3) is 0 Å². The molecule has 2 aliphatic heterocycles. The van der Waals surface area contributed by atoms with Crippen molar-refractivity contribution in [3.8, 4) is 0 Å². The van der Waals surface area contributed by atoms with Gasteiger partial charge >= 0.3 is 5.97 Å². The largest absolute Gasteiger partial charge is 0.480 e. The Hall–Kier alpha value is -0.700. The van der Waals surface area contributed by atoms with E-state index in [1.54, 1.807) is 0 Å². The van der Waals surface area contributed by atoms with E-state index in [2.05, 4.69) is 0 Å². The molecule has 0 aromatic heterocycles.